The minimum absolute atomic E-state index is 0.0343. The quantitative estimate of drug-likeness (QED) is 0.781. The average Bonchev–Trinajstić information content (AvgIpc) is 2.26. The highest BCUT2D eigenvalue weighted by Crippen LogP contribution is 2.27. The maximum Gasteiger partial charge on any atom is 0.244 e. The Morgan fingerprint density at radius 1 is 1.53 bits per heavy atom. The first-order valence-corrected chi connectivity index (χ1v) is 6.38. The van der Waals surface area contributed by atoms with E-state index in [9.17, 15) is 13.5 Å². The minimum Gasteiger partial charge on any atom is -0.387 e. The molecule has 1 aromatic heterocycles. The zero-order valence-corrected chi connectivity index (χ0v) is 9.98. The van der Waals surface area contributed by atoms with Gasteiger partial charge in [-0.1, -0.05) is 0 Å². The van der Waals surface area contributed by atoms with Crippen molar-refractivity contribution in [1.29, 1.82) is 5.26 Å². The first kappa shape index (κ1) is 12.0. The van der Waals surface area contributed by atoms with Crippen molar-refractivity contribution in [3.05, 3.63) is 24.0 Å². The molecule has 0 bridgehead atoms. The molecule has 0 radical (unpaired) electrons. The van der Waals surface area contributed by atoms with E-state index < -0.39 is 15.6 Å². The minimum atomic E-state index is -3.60. The van der Waals surface area contributed by atoms with Crippen molar-refractivity contribution in [2.45, 2.75) is 17.4 Å². The van der Waals surface area contributed by atoms with Crippen molar-refractivity contribution in [3.8, 4) is 6.07 Å². The monoisotopic (exact) mass is 253 g/mol. The van der Waals surface area contributed by atoms with Gasteiger partial charge in [0.2, 0.25) is 10.0 Å². The summed E-state index contributed by atoms with van der Waals surface area (Å²) in [7, 11) is -3.60. The van der Waals surface area contributed by atoms with Gasteiger partial charge < -0.3 is 5.11 Å². The molecule has 1 aliphatic heterocycles. The third-order valence-electron chi connectivity index (χ3n) is 2.52. The van der Waals surface area contributed by atoms with Crippen LogP contribution >= 0.6 is 0 Å². The molecule has 0 spiro atoms. The van der Waals surface area contributed by atoms with Crippen LogP contribution in [0.2, 0.25) is 0 Å². The SMILES string of the molecule is CC1(O)CN(S(=O)(=O)c2ccc(C#N)nc2)C1. The third kappa shape index (κ3) is 2.15. The molecule has 1 N–H and O–H groups in total. The molecule has 0 atom stereocenters. The van der Waals surface area contributed by atoms with Gasteiger partial charge in [0.1, 0.15) is 16.7 Å². The van der Waals surface area contributed by atoms with Crippen LogP contribution in [0.4, 0.5) is 0 Å². The molecule has 0 aromatic carbocycles. The molecule has 17 heavy (non-hydrogen) atoms. The van der Waals surface area contributed by atoms with Gasteiger partial charge in [-0.2, -0.15) is 9.57 Å². The van der Waals surface area contributed by atoms with E-state index in [-0.39, 0.29) is 23.7 Å². The zero-order chi connectivity index (χ0) is 12.7. The summed E-state index contributed by atoms with van der Waals surface area (Å²) in [6.45, 7) is 1.74. The third-order valence-corrected chi connectivity index (χ3v) is 4.30. The average molecular weight is 253 g/mol. The summed E-state index contributed by atoms with van der Waals surface area (Å²) >= 11 is 0. The van der Waals surface area contributed by atoms with Gasteiger partial charge in [-0.3, -0.25) is 0 Å². The maximum absolute atomic E-state index is 12.0. The standard InChI is InChI=1S/C10H11N3O3S/c1-10(14)6-13(7-10)17(15,16)9-3-2-8(4-11)12-5-9/h2-3,5,14H,6-7H2,1H3. The van der Waals surface area contributed by atoms with E-state index in [0.29, 0.717) is 0 Å². The second kappa shape index (κ2) is 3.77. The van der Waals surface area contributed by atoms with Crippen LogP contribution in [-0.2, 0) is 10.0 Å². The lowest BCUT2D eigenvalue weighted by atomic mass is 10.0. The van der Waals surface area contributed by atoms with E-state index in [1.165, 1.54) is 16.4 Å². The highest BCUT2D eigenvalue weighted by Gasteiger charge is 2.43. The second-order valence-electron chi connectivity index (χ2n) is 4.26. The highest BCUT2D eigenvalue weighted by molar-refractivity contribution is 7.89. The Morgan fingerprint density at radius 3 is 2.59 bits per heavy atom. The lowest BCUT2D eigenvalue weighted by molar-refractivity contribution is -0.0426. The van der Waals surface area contributed by atoms with Gasteiger partial charge >= 0.3 is 0 Å². The largest absolute Gasteiger partial charge is 0.387 e. The van der Waals surface area contributed by atoms with Gasteiger partial charge in [-0.25, -0.2) is 13.4 Å². The molecule has 1 aliphatic rings. The maximum atomic E-state index is 12.0. The van der Waals surface area contributed by atoms with E-state index in [4.69, 9.17) is 5.26 Å². The number of nitrogens with zero attached hydrogens (tertiary/aromatic N) is 3. The summed E-state index contributed by atoms with van der Waals surface area (Å²) in [5.74, 6) is 0. The molecule has 0 aliphatic carbocycles. The Kier molecular flexibility index (Phi) is 2.66. The van der Waals surface area contributed by atoms with Gasteiger partial charge in [0.05, 0.1) is 5.60 Å². The van der Waals surface area contributed by atoms with Crippen LogP contribution in [0.3, 0.4) is 0 Å². The fraction of sp³-hybridized carbons (Fsp3) is 0.400. The van der Waals surface area contributed by atoms with Crippen LogP contribution in [0.25, 0.3) is 0 Å². The molecule has 0 amide bonds. The summed E-state index contributed by atoms with van der Waals surface area (Å²) in [4.78, 5) is 3.75. The van der Waals surface area contributed by atoms with Crippen LogP contribution in [-0.4, -0.2) is 41.5 Å². The lowest BCUT2D eigenvalue weighted by Crippen LogP contribution is -2.61. The van der Waals surface area contributed by atoms with Crippen molar-refractivity contribution in [2.24, 2.45) is 0 Å². The first-order chi connectivity index (χ1) is 7.85. The lowest BCUT2D eigenvalue weighted by Gasteiger charge is -2.42. The Hall–Kier alpha value is -1.49. The number of aromatic nitrogens is 1. The number of hydrogen-bond donors (Lipinski definition) is 1. The normalized spacial score (nSPS) is 19.4. The van der Waals surface area contributed by atoms with Crippen LogP contribution < -0.4 is 0 Å². The van der Waals surface area contributed by atoms with E-state index in [0.717, 1.165) is 6.20 Å². The van der Waals surface area contributed by atoms with Crippen LogP contribution in [0.1, 0.15) is 12.6 Å². The van der Waals surface area contributed by atoms with Crippen molar-refractivity contribution in [3.63, 3.8) is 0 Å². The van der Waals surface area contributed by atoms with Gasteiger partial charge in [0.25, 0.3) is 0 Å². The topological polar surface area (TPSA) is 94.3 Å². The van der Waals surface area contributed by atoms with Crippen LogP contribution in [0.15, 0.2) is 23.2 Å². The molecule has 7 heteroatoms. The Balaban J connectivity index is 2.25. The summed E-state index contributed by atoms with van der Waals surface area (Å²) in [5.41, 5.74) is -0.785. The van der Waals surface area contributed by atoms with Crippen LogP contribution in [0.5, 0.6) is 0 Å². The van der Waals surface area contributed by atoms with E-state index >= 15 is 0 Å². The van der Waals surface area contributed by atoms with Gasteiger partial charge in [0.15, 0.2) is 0 Å². The first-order valence-electron chi connectivity index (χ1n) is 4.94. The molecule has 0 saturated carbocycles. The molecule has 90 valence electrons. The summed E-state index contributed by atoms with van der Waals surface area (Å²) in [5, 5.41) is 18.1. The molecular formula is C10H11N3O3S. The Bertz CT molecular complexity index is 564. The fourth-order valence-corrected chi connectivity index (χ4v) is 3.25. The highest BCUT2D eigenvalue weighted by atomic mass is 32.2. The number of rotatable bonds is 2. The Labute approximate surface area is 99.2 Å². The molecule has 2 heterocycles. The number of sulfonamides is 1. The van der Waals surface area contributed by atoms with Crippen molar-refractivity contribution in [2.75, 3.05) is 13.1 Å². The molecule has 1 saturated heterocycles. The summed E-state index contributed by atoms with van der Waals surface area (Å²) in [6, 6.07) is 4.51. The predicted octanol–water partition coefficient (Wildman–Crippen LogP) is -0.291. The second-order valence-corrected chi connectivity index (χ2v) is 6.20. The van der Waals surface area contributed by atoms with Crippen LogP contribution in [0, 0.1) is 11.3 Å². The molecule has 1 aromatic rings. The number of pyridine rings is 1. The summed E-state index contributed by atoms with van der Waals surface area (Å²) in [6.07, 6.45) is 1.15. The molecule has 1 fully saturated rings. The number of aliphatic hydroxyl groups is 1. The predicted molar refractivity (Wildman–Crippen MR) is 58.3 cm³/mol. The van der Waals surface area contributed by atoms with Gasteiger partial charge in [0, 0.05) is 19.3 Å². The fourth-order valence-electron chi connectivity index (χ4n) is 1.63. The van der Waals surface area contributed by atoms with Gasteiger partial charge in [-0.05, 0) is 19.1 Å². The van der Waals surface area contributed by atoms with E-state index in [1.54, 1.807) is 6.92 Å². The number of hydrogen-bond acceptors (Lipinski definition) is 5. The smallest absolute Gasteiger partial charge is 0.244 e. The van der Waals surface area contributed by atoms with Gasteiger partial charge in [-0.15, -0.1) is 0 Å². The molecule has 0 unspecified atom stereocenters. The van der Waals surface area contributed by atoms with Crippen molar-refractivity contribution in [1.82, 2.24) is 9.29 Å². The summed E-state index contributed by atoms with van der Waals surface area (Å²) < 4.78 is 25.2. The number of nitriles is 1. The molecular weight excluding hydrogens is 242 g/mol. The van der Waals surface area contributed by atoms with E-state index in [1.807, 2.05) is 6.07 Å². The zero-order valence-electron chi connectivity index (χ0n) is 9.16. The molecule has 2 rings (SSSR count). The molecule has 6 nitrogen and oxygen atoms in total. The Morgan fingerprint density at radius 2 is 2.18 bits per heavy atom. The van der Waals surface area contributed by atoms with Crippen molar-refractivity contribution < 1.29 is 13.5 Å². The van der Waals surface area contributed by atoms with Crippen molar-refractivity contribution >= 4 is 10.0 Å². The number of β-amino-alcohol motifs (C(OH)–C–C–N with tert-alkyl or cyclic N) is 1. The van der Waals surface area contributed by atoms with E-state index in [2.05, 4.69) is 4.98 Å².